The molecule has 30 heavy (non-hydrogen) atoms. The first-order chi connectivity index (χ1) is 14.2. The number of nitrogen functional groups attached to an aromatic ring is 1. The molecule has 2 aromatic carbocycles. The maximum absolute atomic E-state index is 13.7. The van der Waals surface area contributed by atoms with Crippen molar-refractivity contribution < 1.29 is 22.4 Å². The van der Waals surface area contributed by atoms with Crippen LogP contribution in [0.25, 0.3) is 0 Å². The minimum absolute atomic E-state index is 0.00313. The van der Waals surface area contributed by atoms with Crippen molar-refractivity contribution in [2.45, 2.75) is 6.18 Å². The number of hydrogen-bond donors (Lipinski definition) is 4. The molecule has 1 aromatic heterocycles. The van der Waals surface area contributed by atoms with Crippen LogP contribution in [0, 0.1) is 5.82 Å². The third-order valence-electron chi connectivity index (χ3n) is 3.84. The van der Waals surface area contributed by atoms with Crippen molar-refractivity contribution in [1.29, 1.82) is 0 Å². The summed E-state index contributed by atoms with van der Waals surface area (Å²) in [6.07, 6.45) is -3.51. The number of aromatic nitrogens is 2. The van der Waals surface area contributed by atoms with Crippen LogP contribution in [0.15, 0.2) is 48.8 Å². The summed E-state index contributed by atoms with van der Waals surface area (Å²) in [5.74, 6) is -1.65. The minimum Gasteiger partial charge on any atom is -0.393 e. The Bertz CT molecular complexity index is 1090. The molecule has 0 radical (unpaired) electrons. The van der Waals surface area contributed by atoms with Crippen LogP contribution in [-0.2, 0) is 6.18 Å². The highest BCUT2D eigenvalue weighted by atomic mass is 35.5. The average Bonchev–Trinajstić information content (AvgIpc) is 2.69. The van der Waals surface area contributed by atoms with Crippen LogP contribution >= 0.6 is 11.6 Å². The number of nitrogens with two attached hydrogens (primary N) is 1. The highest BCUT2D eigenvalue weighted by Gasteiger charge is 2.31. The second kappa shape index (κ2) is 8.41. The molecule has 7 nitrogen and oxygen atoms in total. The molecule has 0 bridgehead atoms. The molecule has 0 aliphatic carbocycles. The summed E-state index contributed by atoms with van der Waals surface area (Å²) in [6.45, 7) is 0. The molecule has 1 heterocycles. The first kappa shape index (κ1) is 21.1. The number of anilines is 4. The Morgan fingerprint density at radius 2 is 1.77 bits per heavy atom. The normalized spacial score (nSPS) is 11.1. The summed E-state index contributed by atoms with van der Waals surface area (Å²) in [5, 5.41) is 2.60. The highest BCUT2D eigenvalue weighted by Crippen LogP contribution is 2.35. The topological polar surface area (TPSA) is 105 Å². The molecule has 0 atom stereocenters. The lowest BCUT2D eigenvalue weighted by Gasteiger charge is -2.15. The molecular weight excluding hydrogens is 428 g/mol. The summed E-state index contributed by atoms with van der Waals surface area (Å²) >= 11 is 5.95. The lowest BCUT2D eigenvalue weighted by atomic mass is 10.2. The Hall–Kier alpha value is -3.60. The van der Waals surface area contributed by atoms with Gasteiger partial charge in [0, 0.05) is 0 Å². The van der Waals surface area contributed by atoms with E-state index in [4.69, 9.17) is 17.3 Å². The second-order valence-electron chi connectivity index (χ2n) is 5.86. The standard InChI is InChI=1S/C18H13ClF4N6O/c19-11-6-5-9(18(21,22)23)7-13(11)27-15-14(24)16(26-8-25-15)28-29-17(30)10-3-1-2-4-12(10)20/h1-8H,24H2,(H,29,30)(H2,25,26,27,28). The fourth-order valence-corrected chi connectivity index (χ4v) is 2.51. The van der Waals surface area contributed by atoms with Crippen molar-refractivity contribution in [3.8, 4) is 0 Å². The first-order valence-electron chi connectivity index (χ1n) is 8.22. The lowest BCUT2D eigenvalue weighted by molar-refractivity contribution is -0.137. The van der Waals surface area contributed by atoms with E-state index in [1.54, 1.807) is 0 Å². The summed E-state index contributed by atoms with van der Waals surface area (Å²) in [6, 6.07) is 8.03. The van der Waals surface area contributed by atoms with Crippen molar-refractivity contribution >= 4 is 40.5 Å². The quantitative estimate of drug-likeness (QED) is 0.347. The predicted octanol–water partition coefficient (Wildman–Crippen LogP) is 4.37. The van der Waals surface area contributed by atoms with Crippen LogP contribution in [0.4, 0.5) is 40.6 Å². The Kier molecular flexibility index (Phi) is 5.92. The molecule has 0 unspecified atom stereocenters. The van der Waals surface area contributed by atoms with Gasteiger partial charge in [-0.1, -0.05) is 23.7 Å². The van der Waals surface area contributed by atoms with Gasteiger partial charge in [0.15, 0.2) is 11.6 Å². The number of alkyl halides is 3. The van der Waals surface area contributed by atoms with Crippen LogP contribution in [0.1, 0.15) is 15.9 Å². The molecule has 3 aromatic rings. The molecule has 12 heteroatoms. The van der Waals surface area contributed by atoms with E-state index in [-0.39, 0.29) is 33.6 Å². The van der Waals surface area contributed by atoms with E-state index in [1.165, 1.54) is 18.2 Å². The molecule has 0 spiro atoms. The zero-order valence-corrected chi connectivity index (χ0v) is 15.6. The number of benzene rings is 2. The van der Waals surface area contributed by atoms with Gasteiger partial charge in [-0.15, -0.1) is 0 Å². The van der Waals surface area contributed by atoms with Gasteiger partial charge in [0.25, 0.3) is 5.91 Å². The zero-order chi connectivity index (χ0) is 21.9. The summed E-state index contributed by atoms with van der Waals surface area (Å²) in [4.78, 5) is 19.8. The molecule has 0 fully saturated rings. The third kappa shape index (κ3) is 4.69. The average molecular weight is 441 g/mol. The van der Waals surface area contributed by atoms with Crippen LogP contribution < -0.4 is 21.9 Å². The Morgan fingerprint density at radius 1 is 1.07 bits per heavy atom. The van der Waals surface area contributed by atoms with Gasteiger partial charge in [0.05, 0.1) is 21.8 Å². The van der Waals surface area contributed by atoms with E-state index in [9.17, 15) is 22.4 Å². The fraction of sp³-hybridized carbons (Fsp3) is 0.0556. The fourth-order valence-electron chi connectivity index (χ4n) is 2.35. The van der Waals surface area contributed by atoms with Crippen LogP contribution in [0.3, 0.4) is 0 Å². The number of carbonyl (C=O) groups is 1. The Balaban J connectivity index is 1.79. The van der Waals surface area contributed by atoms with E-state index >= 15 is 0 Å². The number of hydrogen-bond acceptors (Lipinski definition) is 6. The van der Waals surface area contributed by atoms with Crippen LogP contribution in [0.5, 0.6) is 0 Å². The largest absolute Gasteiger partial charge is 0.416 e. The molecule has 0 saturated heterocycles. The van der Waals surface area contributed by atoms with E-state index in [2.05, 4.69) is 26.1 Å². The molecule has 1 amide bonds. The first-order valence-corrected chi connectivity index (χ1v) is 8.59. The van der Waals surface area contributed by atoms with Crippen LogP contribution in [0.2, 0.25) is 5.02 Å². The maximum Gasteiger partial charge on any atom is 0.416 e. The molecule has 0 aliphatic rings. The summed E-state index contributed by atoms with van der Waals surface area (Å²) in [5.41, 5.74) is 9.22. The molecular formula is C18H13ClF4N6O. The van der Waals surface area contributed by atoms with Gasteiger partial charge in [-0.3, -0.25) is 15.6 Å². The van der Waals surface area contributed by atoms with E-state index < -0.39 is 23.5 Å². The number of amides is 1. The minimum atomic E-state index is -4.57. The lowest BCUT2D eigenvalue weighted by Crippen LogP contribution is -2.31. The smallest absolute Gasteiger partial charge is 0.393 e. The van der Waals surface area contributed by atoms with Gasteiger partial charge in [-0.25, -0.2) is 14.4 Å². The number of halogens is 5. The molecule has 0 aliphatic heterocycles. The van der Waals surface area contributed by atoms with Crippen LogP contribution in [-0.4, -0.2) is 15.9 Å². The third-order valence-corrected chi connectivity index (χ3v) is 4.17. The number of hydrazine groups is 1. The van der Waals surface area contributed by atoms with Gasteiger partial charge in [-0.05, 0) is 30.3 Å². The summed E-state index contributed by atoms with van der Waals surface area (Å²) < 4.78 is 52.4. The van der Waals surface area contributed by atoms with Crippen molar-refractivity contribution in [2.24, 2.45) is 0 Å². The number of nitrogens with one attached hydrogen (secondary N) is 3. The highest BCUT2D eigenvalue weighted by molar-refractivity contribution is 6.33. The van der Waals surface area contributed by atoms with Gasteiger partial charge < -0.3 is 11.1 Å². The number of rotatable bonds is 5. The van der Waals surface area contributed by atoms with Gasteiger partial charge in [0.2, 0.25) is 0 Å². The maximum atomic E-state index is 13.7. The van der Waals surface area contributed by atoms with Gasteiger partial charge in [0.1, 0.15) is 17.8 Å². The van der Waals surface area contributed by atoms with Crippen molar-refractivity contribution in [3.05, 3.63) is 70.8 Å². The Labute approximate surface area is 172 Å². The SMILES string of the molecule is Nc1c(NNC(=O)c2ccccc2F)ncnc1Nc1cc(C(F)(F)F)ccc1Cl. The van der Waals surface area contributed by atoms with Gasteiger partial charge >= 0.3 is 6.18 Å². The van der Waals surface area contributed by atoms with E-state index in [0.29, 0.717) is 0 Å². The van der Waals surface area contributed by atoms with E-state index in [1.807, 2.05) is 0 Å². The zero-order valence-electron chi connectivity index (χ0n) is 14.9. The second-order valence-corrected chi connectivity index (χ2v) is 6.27. The number of carbonyl (C=O) groups excluding carboxylic acids is 1. The molecule has 0 saturated carbocycles. The van der Waals surface area contributed by atoms with E-state index in [0.717, 1.165) is 30.6 Å². The van der Waals surface area contributed by atoms with Gasteiger partial charge in [-0.2, -0.15) is 13.2 Å². The van der Waals surface area contributed by atoms with Crippen molar-refractivity contribution in [1.82, 2.24) is 15.4 Å². The monoisotopic (exact) mass is 440 g/mol. The molecule has 156 valence electrons. The molecule has 5 N–H and O–H groups in total. The molecule has 3 rings (SSSR count). The predicted molar refractivity (Wildman–Crippen MR) is 104 cm³/mol. The van der Waals surface area contributed by atoms with Crippen molar-refractivity contribution in [2.75, 3.05) is 16.5 Å². The van der Waals surface area contributed by atoms with Crippen molar-refractivity contribution in [3.63, 3.8) is 0 Å². The number of nitrogens with zero attached hydrogens (tertiary/aromatic N) is 2. The summed E-state index contributed by atoms with van der Waals surface area (Å²) in [7, 11) is 0. The Morgan fingerprint density at radius 3 is 2.47 bits per heavy atom.